The number of aromatic nitrogens is 1. The zero-order valence-corrected chi connectivity index (χ0v) is 19.5. The number of carboxylic acids is 2. The molecule has 1 aromatic carbocycles. The summed E-state index contributed by atoms with van der Waals surface area (Å²) in [5.74, 6) is -4.87. The number of fused-ring (bicyclic) bond motifs is 1. The molecule has 0 radical (unpaired) electrons. The number of benzene rings is 1. The molecule has 2 aromatic rings. The van der Waals surface area contributed by atoms with E-state index in [4.69, 9.17) is 10.8 Å². The molecule has 0 saturated carbocycles. The molecule has 0 aliphatic heterocycles. The zero-order valence-electron chi connectivity index (χ0n) is 19.5. The fourth-order valence-corrected chi connectivity index (χ4v) is 3.53. The molecule has 190 valence electrons. The lowest BCUT2D eigenvalue weighted by atomic mass is 10.0. The molecule has 8 N–H and O–H groups in total. The SMILES string of the molecule is CC(C)CC(N)C(=O)NC(CC(=O)O)C(=O)NCC(=O)NC(Cc1c[nH]c2ccccc12)C(=O)O. The molecule has 12 heteroatoms. The summed E-state index contributed by atoms with van der Waals surface area (Å²) in [5.41, 5.74) is 7.30. The molecular formula is C23H31N5O7. The molecule has 0 aliphatic carbocycles. The van der Waals surface area contributed by atoms with E-state index in [-0.39, 0.29) is 12.3 Å². The first-order valence-electron chi connectivity index (χ1n) is 11.1. The highest BCUT2D eigenvalue weighted by atomic mass is 16.4. The lowest BCUT2D eigenvalue weighted by molar-refractivity contribution is -0.142. The molecule has 0 saturated heterocycles. The maximum atomic E-state index is 12.5. The standard InChI is InChI=1S/C23H31N5O7/c1-12(2)7-15(24)21(32)28-17(9-20(30)31)22(33)26-11-19(29)27-18(23(34)35)8-13-10-25-16-6-4-3-5-14(13)16/h3-6,10,12,15,17-18,25H,7-9,11,24H2,1-2H3,(H,26,33)(H,27,29)(H,28,32)(H,30,31)(H,34,35). The van der Waals surface area contributed by atoms with E-state index in [1.807, 2.05) is 38.1 Å². The van der Waals surface area contributed by atoms with Gasteiger partial charge in [0.05, 0.1) is 19.0 Å². The molecule has 0 aliphatic rings. The summed E-state index contributed by atoms with van der Waals surface area (Å²) < 4.78 is 0. The van der Waals surface area contributed by atoms with E-state index in [0.29, 0.717) is 12.0 Å². The number of nitrogens with two attached hydrogens (primary N) is 1. The van der Waals surface area contributed by atoms with Crippen molar-refractivity contribution >= 4 is 40.6 Å². The van der Waals surface area contributed by atoms with Crippen molar-refractivity contribution in [3.05, 3.63) is 36.0 Å². The minimum Gasteiger partial charge on any atom is -0.481 e. The van der Waals surface area contributed by atoms with Crippen LogP contribution in [0.2, 0.25) is 0 Å². The summed E-state index contributed by atoms with van der Waals surface area (Å²) in [5, 5.41) is 26.3. The van der Waals surface area contributed by atoms with Crippen molar-refractivity contribution in [2.45, 2.75) is 51.2 Å². The van der Waals surface area contributed by atoms with E-state index in [2.05, 4.69) is 20.9 Å². The number of hydrogen-bond donors (Lipinski definition) is 7. The van der Waals surface area contributed by atoms with Gasteiger partial charge in [-0.15, -0.1) is 0 Å². The van der Waals surface area contributed by atoms with Crippen molar-refractivity contribution in [3.63, 3.8) is 0 Å². The van der Waals surface area contributed by atoms with Crippen molar-refractivity contribution in [2.24, 2.45) is 11.7 Å². The van der Waals surface area contributed by atoms with Gasteiger partial charge in [0, 0.05) is 23.5 Å². The Morgan fingerprint density at radius 1 is 1.00 bits per heavy atom. The number of carbonyl (C=O) groups excluding carboxylic acids is 3. The van der Waals surface area contributed by atoms with Gasteiger partial charge in [-0.25, -0.2) is 4.79 Å². The second kappa shape index (κ2) is 12.5. The van der Waals surface area contributed by atoms with E-state index in [1.54, 1.807) is 6.20 Å². The van der Waals surface area contributed by atoms with Crippen molar-refractivity contribution in [1.82, 2.24) is 20.9 Å². The predicted octanol–water partition coefficient (Wildman–Crippen LogP) is -0.271. The average molecular weight is 490 g/mol. The van der Waals surface area contributed by atoms with E-state index in [0.717, 1.165) is 10.9 Å². The Kier molecular flexibility index (Phi) is 9.76. The van der Waals surface area contributed by atoms with Gasteiger partial charge in [0.15, 0.2) is 0 Å². The van der Waals surface area contributed by atoms with Crippen molar-refractivity contribution in [2.75, 3.05) is 6.54 Å². The van der Waals surface area contributed by atoms with Gasteiger partial charge < -0.3 is 36.9 Å². The molecule has 12 nitrogen and oxygen atoms in total. The number of aliphatic carboxylic acids is 2. The molecule has 0 bridgehead atoms. The summed E-state index contributed by atoms with van der Waals surface area (Å²) in [6.07, 6.45) is 1.29. The zero-order chi connectivity index (χ0) is 26.1. The summed E-state index contributed by atoms with van der Waals surface area (Å²) in [6.45, 7) is 3.10. The van der Waals surface area contributed by atoms with Gasteiger partial charge in [-0.3, -0.25) is 19.2 Å². The van der Waals surface area contributed by atoms with Gasteiger partial charge in [-0.1, -0.05) is 32.0 Å². The van der Waals surface area contributed by atoms with Crippen molar-refractivity contribution < 1.29 is 34.2 Å². The van der Waals surface area contributed by atoms with Crippen LogP contribution in [0.5, 0.6) is 0 Å². The minimum absolute atomic E-state index is 0.00443. The summed E-state index contributed by atoms with van der Waals surface area (Å²) in [6, 6.07) is 3.67. The Hall–Kier alpha value is -3.93. The molecular weight excluding hydrogens is 458 g/mol. The van der Waals surface area contributed by atoms with Gasteiger partial charge in [-0.05, 0) is 24.0 Å². The van der Waals surface area contributed by atoms with Gasteiger partial charge in [0.25, 0.3) is 0 Å². The first kappa shape index (κ1) is 27.3. The number of amides is 3. The third kappa shape index (κ3) is 8.41. The van der Waals surface area contributed by atoms with Gasteiger partial charge >= 0.3 is 11.9 Å². The number of carboxylic acid groups (broad SMARTS) is 2. The third-order valence-corrected chi connectivity index (χ3v) is 5.23. The summed E-state index contributed by atoms with van der Waals surface area (Å²) >= 11 is 0. The number of nitrogens with one attached hydrogen (secondary N) is 4. The largest absolute Gasteiger partial charge is 0.481 e. The Balaban J connectivity index is 1.96. The van der Waals surface area contributed by atoms with Crippen LogP contribution in [0.15, 0.2) is 30.5 Å². The third-order valence-electron chi connectivity index (χ3n) is 5.23. The van der Waals surface area contributed by atoms with Crippen LogP contribution in [0.3, 0.4) is 0 Å². The Morgan fingerprint density at radius 2 is 1.69 bits per heavy atom. The normalized spacial score (nSPS) is 13.6. The summed E-state index contributed by atoms with van der Waals surface area (Å²) in [4.78, 5) is 62.9. The smallest absolute Gasteiger partial charge is 0.326 e. The number of H-pyrrole nitrogens is 1. The van der Waals surface area contributed by atoms with Gasteiger partial charge in [0.1, 0.15) is 12.1 Å². The summed E-state index contributed by atoms with van der Waals surface area (Å²) in [7, 11) is 0. The van der Waals surface area contributed by atoms with Crippen LogP contribution < -0.4 is 21.7 Å². The van der Waals surface area contributed by atoms with Crippen molar-refractivity contribution in [1.29, 1.82) is 0 Å². The number of rotatable bonds is 13. The molecule has 3 unspecified atom stereocenters. The first-order valence-corrected chi connectivity index (χ1v) is 11.1. The van der Waals surface area contributed by atoms with E-state index < -0.39 is 60.8 Å². The fourth-order valence-electron chi connectivity index (χ4n) is 3.53. The topological polar surface area (TPSA) is 204 Å². The maximum absolute atomic E-state index is 12.5. The molecule has 1 aromatic heterocycles. The second-order valence-corrected chi connectivity index (χ2v) is 8.63. The molecule has 0 fully saturated rings. The fraction of sp³-hybridized carbons (Fsp3) is 0.435. The lowest BCUT2D eigenvalue weighted by Gasteiger charge is -2.20. The van der Waals surface area contributed by atoms with Crippen LogP contribution in [0.25, 0.3) is 10.9 Å². The Labute approximate surface area is 201 Å². The molecule has 2 rings (SSSR count). The van der Waals surface area contributed by atoms with Gasteiger partial charge in [0.2, 0.25) is 17.7 Å². The van der Waals surface area contributed by atoms with Crippen molar-refractivity contribution in [3.8, 4) is 0 Å². The van der Waals surface area contributed by atoms with Crippen LogP contribution in [-0.4, -0.2) is 69.5 Å². The number of aromatic amines is 1. The highest BCUT2D eigenvalue weighted by molar-refractivity contribution is 5.94. The number of para-hydroxylation sites is 1. The number of hydrogen-bond acceptors (Lipinski definition) is 6. The minimum atomic E-state index is -1.45. The van der Waals surface area contributed by atoms with Gasteiger partial charge in [-0.2, -0.15) is 0 Å². The average Bonchev–Trinajstić information content (AvgIpc) is 3.18. The van der Waals surface area contributed by atoms with Crippen LogP contribution in [0, 0.1) is 5.92 Å². The predicted molar refractivity (Wildman–Crippen MR) is 126 cm³/mol. The molecule has 3 amide bonds. The Bertz CT molecular complexity index is 1080. The maximum Gasteiger partial charge on any atom is 0.326 e. The van der Waals surface area contributed by atoms with E-state index in [9.17, 15) is 29.1 Å². The first-order chi connectivity index (χ1) is 16.5. The molecule has 35 heavy (non-hydrogen) atoms. The quantitative estimate of drug-likeness (QED) is 0.199. The lowest BCUT2D eigenvalue weighted by Crippen LogP contribution is -2.54. The van der Waals surface area contributed by atoms with Crippen LogP contribution >= 0.6 is 0 Å². The molecule has 1 heterocycles. The molecule has 0 spiro atoms. The monoisotopic (exact) mass is 489 g/mol. The van der Waals surface area contributed by atoms with E-state index in [1.165, 1.54) is 0 Å². The van der Waals surface area contributed by atoms with Crippen LogP contribution in [0.4, 0.5) is 0 Å². The number of carbonyl (C=O) groups is 5. The van der Waals surface area contributed by atoms with Crippen LogP contribution in [0.1, 0.15) is 32.3 Å². The van der Waals surface area contributed by atoms with Crippen LogP contribution in [-0.2, 0) is 30.4 Å². The highest BCUT2D eigenvalue weighted by Crippen LogP contribution is 2.19. The second-order valence-electron chi connectivity index (χ2n) is 8.63. The Morgan fingerprint density at radius 3 is 2.31 bits per heavy atom. The molecule has 3 atom stereocenters. The van der Waals surface area contributed by atoms with E-state index >= 15 is 0 Å². The highest BCUT2D eigenvalue weighted by Gasteiger charge is 2.27.